The lowest BCUT2D eigenvalue weighted by molar-refractivity contribution is 0.452. The number of ether oxygens (including phenoxy) is 1. The summed E-state index contributed by atoms with van der Waals surface area (Å²) in [5.74, 6) is 1.91. The number of rotatable bonds is 1. The number of pyridine rings is 1. The summed E-state index contributed by atoms with van der Waals surface area (Å²) in [6.45, 7) is 6.33. The van der Waals surface area contributed by atoms with Crippen molar-refractivity contribution in [2.75, 3.05) is 4.90 Å². The molecule has 0 aliphatic carbocycles. The van der Waals surface area contributed by atoms with Crippen LogP contribution in [0.4, 0.5) is 17.2 Å². The van der Waals surface area contributed by atoms with Crippen molar-refractivity contribution >= 4 is 17.2 Å². The number of anilines is 3. The number of hydrogen-bond acceptors (Lipinski definition) is 5. The zero-order valence-corrected chi connectivity index (χ0v) is 13.2. The van der Waals surface area contributed by atoms with Gasteiger partial charge in [0.25, 0.3) is 0 Å². The average molecular weight is 304 g/mol. The van der Waals surface area contributed by atoms with Gasteiger partial charge >= 0.3 is 0 Å². The third kappa shape index (κ3) is 2.12. The van der Waals surface area contributed by atoms with Crippen LogP contribution >= 0.6 is 0 Å². The smallest absolute Gasteiger partial charge is 0.244 e. The van der Waals surface area contributed by atoms with Crippen LogP contribution in [0.2, 0.25) is 0 Å². The Morgan fingerprint density at radius 3 is 2.61 bits per heavy atom. The van der Waals surface area contributed by atoms with Crippen molar-refractivity contribution in [1.29, 1.82) is 0 Å². The molecule has 0 bridgehead atoms. The number of aromatic nitrogens is 3. The van der Waals surface area contributed by atoms with E-state index in [4.69, 9.17) is 4.74 Å². The van der Waals surface area contributed by atoms with Gasteiger partial charge in [0.05, 0.1) is 11.9 Å². The number of benzene rings is 1. The molecule has 0 fully saturated rings. The summed E-state index contributed by atoms with van der Waals surface area (Å²) in [7, 11) is 0. The highest BCUT2D eigenvalue weighted by molar-refractivity contribution is 5.85. The molecule has 2 aromatic heterocycles. The standard InChI is InChI=1S/C18H16N4O/c1-11-7-12(2)16(13(3)8-11)22-14-5-4-6-20-18(14)23-15-9-19-10-21-17(15)22/h4-10H,1-3H3. The first-order valence-electron chi connectivity index (χ1n) is 7.46. The monoisotopic (exact) mass is 304 g/mol. The van der Waals surface area contributed by atoms with Gasteiger partial charge < -0.3 is 4.74 Å². The summed E-state index contributed by atoms with van der Waals surface area (Å²) in [6, 6.07) is 8.25. The molecule has 0 N–H and O–H groups in total. The highest BCUT2D eigenvalue weighted by Crippen LogP contribution is 2.49. The first kappa shape index (κ1) is 13.7. The second-order valence-electron chi connectivity index (χ2n) is 5.72. The summed E-state index contributed by atoms with van der Waals surface area (Å²) in [5.41, 5.74) is 5.60. The third-order valence-electron chi connectivity index (χ3n) is 3.93. The third-order valence-corrected chi connectivity index (χ3v) is 3.93. The molecule has 5 heteroatoms. The van der Waals surface area contributed by atoms with Crippen molar-refractivity contribution in [1.82, 2.24) is 15.0 Å². The van der Waals surface area contributed by atoms with Crippen molar-refractivity contribution < 1.29 is 4.74 Å². The number of hydrogen-bond donors (Lipinski definition) is 0. The highest BCUT2D eigenvalue weighted by atomic mass is 16.5. The molecule has 0 spiro atoms. The Labute approximate surface area is 134 Å². The SMILES string of the molecule is Cc1cc(C)c(N2c3cccnc3Oc3cncnc32)c(C)c1. The second-order valence-corrected chi connectivity index (χ2v) is 5.72. The Hall–Kier alpha value is -2.95. The maximum Gasteiger partial charge on any atom is 0.244 e. The Kier molecular flexibility index (Phi) is 3.01. The van der Waals surface area contributed by atoms with E-state index in [0.717, 1.165) is 17.2 Å². The van der Waals surface area contributed by atoms with E-state index in [1.807, 2.05) is 12.1 Å². The highest BCUT2D eigenvalue weighted by Gasteiger charge is 2.29. The molecular formula is C18H16N4O. The average Bonchev–Trinajstić information content (AvgIpc) is 2.53. The van der Waals surface area contributed by atoms with Crippen LogP contribution in [0.5, 0.6) is 11.6 Å². The van der Waals surface area contributed by atoms with Crippen LogP contribution in [0.25, 0.3) is 0 Å². The second kappa shape index (κ2) is 5.05. The maximum absolute atomic E-state index is 5.85. The lowest BCUT2D eigenvalue weighted by atomic mass is 10.0. The lowest BCUT2D eigenvalue weighted by Gasteiger charge is -2.32. The summed E-state index contributed by atoms with van der Waals surface area (Å²) in [6.07, 6.45) is 4.93. The number of aryl methyl sites for hydroxylation is 3. The van der Waals surface area contributed by atoms with E-state index in [2.05, 4.69) is 52.8 Å². The minimum Gasteiger partial charge on any atom is -0.431 e. The van der Waals surface area contributed by atoms with Gasteiger partial charge in [-0.1, -0.05) is 17.7 Å². The molecular weight excluding hydrogens is 288 g/mol. The van der Waals surface area contributed by atoms with Gasteiger partial charge in [-0.3, -0.25) is 4.90 Å². The van der Waals surface area contributed by atoms with Crippen LogP contribution in [0.1, 0.15) is 16.7 Å². The molecule has 0 radical (unpaired) electrons. The summed E-state index contributed by atoms with van der Waals surface area (Å²) in [4.78, 5) is 15.0. The molecule has 114 valence electrons. The summed E-state index contributed by atoms with van der Waals surface area (Å²) < 4.78 is 5.85. The fourth-order valence-electron chi connectivity index (χ4n) is 3.15. The van der Waals surface area contributed by atoms with Crippen molar-refractivity contribution in [3.8, 4) is 11.6 Å². The topological polar surface area (TPSA) is 51.1 Å². The minimum absolute atomic E-state index is 0.564. The predicted octanol–water partition coefficient (Wildman–Crippen LogP) is 4.37. The minimum atomic E-state index is 0.564. The molecule has 1 aliphatic heterocycles. The largest absolute Gasteiger partial charge is 0.431 e. The summed E-state index contributed by atoms with van der Waals surface area (Å²) in [5, 5.41) is 0. The maximum atomic E-state index is 5.85. The fourth-order valence-corrected chi connectivity index (χ4v) is 3.15. The molecule has 0 saturated carbocycles. The van der Waals surface area contributed by atoms with Crippen LogP contribution in [-0.4, -0.2) is 15.0 Å². The van der Waals surface area contributed by atoms with Gasteiger partial charge in [0.15, 0.2) is 11.6 Å². The summed E-state index contributed by atoms with van der Waals surface area (Å²) >= 11 is 0. The van der Waals surface area contributed by atoms with Crippen molar-refractivity contribution in [2.45, 2.75) is 20.8 Å². The van der Waals surface area contributed by atoms with E-state index in [1.54, 1.807) is 12.4 Å². The molecule has 1 aliphatic rings. The van der Waals surface area contributed by atoms with Crippen LogP contribution in [-0.2, 0) is 0 Å². The van der Waals surface area contributed by atoms with Gasteiger partial charge in [-0.15, -0.1) is 0 Å². The molecule has 23 heavy (non-hydrogen) atoms. The van der Waals surface area contributed by atoms with E-state index < -0.39 is 0 Å². The van der Waals surface area contributed by atoms with Gasteiger partial charge in [0, 0.05) is 6.20 Å². The van der Waals surface area contributed by atoms with Crippen LogP contribution in [0, 0.1) is 20.8 Å². The lowest BCUT2D eigenvalue weighted by Crippen LogP contribution is -2.19. The first-order valence-corrected chi connectivity index (χ1v) is 7.46. The van der Waals surface area contributed by atoms with Gasteiger partial charge in [-0.05, 0) is 44.0 Å². The molecule has 0 unspecified atom stereocenters. The molecule has 1 aromatic carbocycles. The van der Waals surface area contributed by atoms with E-state index in [0.29, 0.717) is 11.6 Å². The van der Waals surface area contributed by atoms with Crippen molar-refractivity contribution in [3.63, 3.8) is 0 Å². The molecule has 3 heterocycles. The Bertz CT molecular complexity index is 839. The molecule has 0 amide bonds. The quantitative estimate of drug-likeness (QED) is 0.522. The van der Waals surface area contributed by atoms with Crippen LogP contribution in [0.15, 0.2) is 43.0 Å². The Morgan fingerprint density at radius 2 is 1.83 bits per heavy atom. The Morgan fingerprint density at radius 1 is 1.04 bits per heavy atom. The first-order chi connectivity index (χ1) is 11.1. The molecule has 4 rings (SSSR count). The normalized spacial score (nSPS) is 12.4. The molecule has 0 saturated heterocycles. The molecule has 5 nitrogen and oxygen atoms in total. The fraction of sp³-hybridized carbons (Fsp3) is 0.167. The van der Waals surface area contributed by atoms with Gasteiger partial charge in [0.2, 0.25) is 5.88 Å². The zero-order valence-electron chi connectivity index (χ0n) is 13.2. The predicted molar refractivity (Wildman–Crippen MR) is 88.8 cm³/mol. The number of fused-ring (bicyclic) bond motifs is 2. The van der Waals surface area contributed by atoms with Crippen LogP contribution < -0.4 is 9.64 Å². The number of nitrogens with zero attached hydrogens (tertiary/aromatic N) is 4. The van der Waals surface area contributed by atoms with Gasteiger partial charge in [-0.25, -0.2) is 15.0 Å². The van der Waals surface area contributed by atoms with Gasteiger partial charge in [-0.2, -0.15) is 0 Å². The van der Waals surface area contributed by atoms with E-state index in [1.165, 1.54) is 23.0 Å². The van der Waals surface area contributed by atoms with Crippen molar-refractivity contribution in [3.05, 3.63) is 59.7 Å². The Balaban J connectivity index is 2.02. The molecule has 3 aromatic rings. The molecule has 0 atom stereocenters. The zero-order chi connectivity index (χ0) is 16.0. The van der Waals surface area contributed by atoms with E-state index in [9.17, 15) is 0 Å². The van der Waals surface area contributed by atoms with Gasteiger partial charge in [0.1, 0.15) is 12.0 Å². The van der Waals surface area contributed by atoms with E-state index >= 15 is 0 Å². The van der Waals surface area contributed by atoms with Crippen molar-refractivity contribution in [2.24, 2.45) is 0 Å². The van der Waals surface area contributed by atoms with E-state index in [-0.39, 0.29) is 0 Å². The van der Waals surface area contributed by atoms with Crippen LogP contribution in [0.3, 0.4) is 0 Å².